The van der Waals surface area contributed by atoms with Gasteiger partial charge in [0.2, 0.25) is 5.78 Å². The third-order valence-electron chi connectivity index (χ3n) is 2.59. The highest BCUT2D eigenvalue weighted by Crippen LogP contribution is 2.11. The topological polar surface area (TPSA) is 47.3 Å². The molecule has 2 heterocycles. The summed E-state index contributed by atoms with van der Waals surface area (Å²) in [5, 5.41) is 0. The van der Waals surface area contributed by atoms with Gasteiger partial charge in [0, 0.05) is 11.8 Å². The van der Waals surface area contributed by atoms with Gasteiger partial charge in [0.1, 0.15) is 17.7 Å². The Morgan fingerprint density at radius 2 is 1.94 bits per heavy atom. The SMILES string of the molecule is O=C(c1ccccc1)c1cnc2ccncn12. The van der Waals surface area contributed by atoms with Crippen LogP contribution in [-0.4, -0.2) is 20.2 Å². The van der Waals surface area contributed by atoms with E-state index < -0.39 is 0 Å². The van der Waals surface area contributed by atoms with Crippen LogP contribution in [0, 0.1) is 0 Å². The smallest absolute Gasteiger partial charge is 0.211 e. The van der Waals surface area contributed by atoms with Gasteiger partial charge in [-0.25, -0.2) is 9.97 Å². The summed E-state index contributed by atoms with van der Waals surface area (Å²) >= 11 is 0. The Morgan fingerprint density at radius 1 is 1.12 bits per heavy atom. The Balaban J connectivity index is 2.14. The molecule has 0 N–H and O–H groups in total. The average molecular weight is 223 g/mol. The fraction of sp³-hybridized carbons (Fsp3) is 0. The molecule has 3 aromatic rings. The highest BCUT2D eigenvalue weighted by molar-refractivity contribution is 6.08. The van der Waals surface area contributed by atoms with Crippen molar-refractivity contribution in [1.82, 2.24) is 14.4 Å². The maximum absolute atomic E-state index is 12.2. The lowest BCUT2D eigenvalue weighted by Crippen LogP contribution is -2.05. The van der Waals surface area contributed by atoms with Crippen LogP contribution in [0.4, 0.5) is 0 Å². The van der Waals surface area contributed by atoms with E-state index in [1.807, 2.05) is 18.2 Å². The van der Waals surface area contributed by atoms with Gasteiger partial charge < -0.3 is 0 Å². The van der Waals surface area contributed by atoms with Gasteiger partial charge in [-0.15, -0.1) is 0 Å². The van der Waals surface area contributed by atoms with Crippen molar-refractivity contribution in [2.45, 2.75) is 0 Å². The molecule has 0 atom stereocenters. The minimum Gasteiger partial charge on any atom is -0.287 e. The first-order valence-electron chi connectivity index (χ1n) is 5.23. The van der Waals surface area contributed by atoms with E-state index in [0.29, 0.717) is 11.3 Å². The van der Waals surface area contributed by atoms with E-state index in [2.05, 4.69) is 9.97 Å². The number of fused-ring (bicyclic) bond motifs is 1. The Bertz CT molecular complexity index is 673. The van der Waals surface area contributed by atoms with Crippen LogP contribution in [0.5, 0.6) is 0 Å². The number of hydrogen-bond donors (Lipinski definition) is 0. The third kappa shape index (κ3) is 1.59. The number of imidazole rings is 1. The van der Waals surface area contributed by atoms with Gasteiger partial charge in [0.25, 0.3) is 0 Å². The van der Waals surface area contributed by atoms with Crippen molar-refractivity contribution < 1.29 is 4.79 Å². The predicted octanol–water partition coefficient (Wildman–Crippen LogP) is 1.96. The fourth-order valence-electron chi connectivity index (χ4n) is 1.74. The minimum atomic E-state index is -0.0499. The number of aromatic nitrogens is 3. The van der Waals surface area contributed by atoms with Gasteiger partial charge in [0.05, 0.1) is 6.20 Å². The average Bonchev–Trinajstić information content (AvgIpc) is 2.83. The Hall–Kier alpha value is -2.49. The molecule has 82 valence electrons. The van der Waals surface area contributed by atoms with Gasteiger partial charge in [-0.3, -0.25) is 9.20 Å². The molecule has 1 aromatic carbocycles. The molecule has 4 nitrogen and oxygen atoms in total. The number of hydrogen-bond acceptors (Lipinski definition) is 3. The second-order valence-corrected chi connectivity index (χ2v) is 3.65. The van der Waals surface area contributed by atoms with Crippen molar-refractivity contribution >= 4 is 11.4 Å². The Kier molecular flexibility index (Phi) is 2.19. The van der Waals surface area contributed by atoms with Crippen LogP contribution in [-0.2, 0) is 0 Å². The molecule has 0 amide bonds. The third-order valence-corrected chi connectivity index (χ3v) is 2.59. The zero-order valence-corrected chi connectivity index (χ0v) is 8.95. The number of ketones is 1. The van der Waals surface area contributed by atoms with Crippen LogP contribution < -0.4 is 0 Å². The van der Waals surface area contributed by atoms with Crippen molar-refractivity contribution in [1.29, 1.82) is 0 Å². The monoisotopic (exact) mass is 223 g/mol. The van der Waals surface area contributed by atoms with Gasteiger partial charge in [-0.2, -0.15) is 0 Å². The van der Waals surface area contributed by atoms with Gasteiger partial charge in [-0.05, 0) is 6.07 Å². The van der Waals surface area contributed by atoms with E-state index in [9.17, 15) is 4.79 Å². The summed E-state index contributed by atoms with van der Waals surface area (Å²) in [7, 11) is 0. The lowest BCUT2D eigenvalue weighted by atomic mass is 10.1. The lowest BCUT2D eigenvalue weighted by molar-refractivity contribution is 0.103. The van der Waals surface area contributed by atoms with Crippen LogP contribution in [0.3, 0.4) is 0 Å². The molecular formula is C13H9N3O. The van der Waals surface area contributed by atoms with Gasteiger partial charge in [-0.1, -0.05) is 30.3 Å². The molecule has 0 radical (unpaired) electrons. The van der Waals surface area contributed by atoms with Crippen LogP contribution in [0.1, 0.15) is 16.1 Å². The second-order valence-electron chi connectivity index (χ2n) is 3.65. The van der Waals surface area contributed by atoms with Crippen molar-refractivity contribution in [3.05, 3.63) is 66.4 Å². The first-order valence-corrected chi connectivity index (χ1v) is 5.23. The van der Waals surface area contributed by atoms with Crippen LogP contribution in [0.2, 0.25) is 0 Å². The maximum Gasteiger partial charge on any atom is 0.211 e. The lowest BCUT2D eigenvalue weighted by Gasteiger charge is -2.00. The Morgan fingerprint density at radius 3 is 2.76 bits per heavy atom. The number of nitrogens with zero attached hydrogens (tertiary/aromatic N) is 3. The predicted molar refractivity (Wildman–Crippen MR) is 62.9 cm³/mol. The molecule has 0 fully saturated rings. The van der Waals surface area contributed by atoms with Crippen LogP contribution in [0.25, 0.3) is 5.65 Å². The van der Waals surface area contributed by atoms with Crippen molar-refractivity contribution in [3.8, 4) is 0 Å². The minimum absolute atomic E-state index is 0.0499. The highest BCUT2D eigenvalue weighted by atomic mass is 16.1. The second kappa shape index (κ2) is 3.83. The summed E-state index contributed by atoms with van der Waals surface area (Å²) in [5.74, 6) is -0.0499. The molecule has 2 aromatic heterocycles. The van der Waals surface area contributed by atoms with E-state index >= 15 is 0 Å². The van der Waals surface area contributed by atoms with Crippen molar-refractivity contribution in [2.24, 2.45) is 0 Å². The summed E-state index contributed by atoms with van der Waals surface area (Å²) in [6.07, 6.45) is 4.82. The molecule has 4 heteroatoms. The molecule has 17 heavy (non-hydrogen) atoms. The summed E-state index contributed by atoms with van der Waals surface area (Å²) in [6.45, 7) is 0. The maximum atomic E-state index is 12.2. The fourth-order valence-corrected chi connectivity index (χ4v) is 1.74. The molecule has 0 aliphatic rings. The molecular weight excluding hydrogens is 214 g/mol. The summed E-state index contributed by atoms with van der Waals surface area (Å²) < 4.78 is 1.69. The number of carbonyl (C=O) groups excluding carboxylic acids is 1. The Labute approximate surface area is 97.6 Å². The normalized spacial score (nSPS) is 10.6. The molecule has 0 saturated carbocycles. The molecule has 0 spiro atoms. The van der Waals surface area contributed by atoms with Gasteiger partial charge in [0.15, 0.2) is 0 Å². The van der Waals surface area contributed by atoms with E-state index in [0.717, 1.165) is 5.65 Å². The van der Waals surface area contributed by atoms with Crippen LogP contribution >= 0.6 is 0 Å². The van der Waals surface area contributed by atoms with Gasteiger partial charge >= 0.3 is 0 Å². The van der Waals surface area contributed by atoms with Crippen molar-refractivity contribution in [3.63, 3.8) is 0 Å². The first kappa shape index (κ1) is 9.72. The summed E-state index contributed by atoms with van der Waals surface area (Å²) in [6, 6.07) is 10.9. The van der Waals surface area contributed by atoms with E-state index in [1.54, 1.807) is 41.3 Å². The van der Waals surface area contributed by atoms with Crippen LogP contribution in [0.15, 0.2) is 55.1 Å². The number of benzene rings is 1. The zero-order chi connectivity index (χ0) is 11.7. The van der Waals surface area contributed by atoms with E-state index in [-0.39, 0.29) is 5.78 Å². The molecule has 0 unspecified atom stereocenters. The molecule has 0 aliphatic heterocycles. The molecule has 0 aliphatic carbocycles. The number of carbonyl (C=O) groups is 1. The largest absolute Gasteiger partial charge is 0.287 e. The summed E-state index contributed by atoms with van der Waals surface area (Å²) in [5.41, 5.74) is 1.90. The molecule has 0 saturated heterocycles. The van der Waals surface area contributed by atoms with E-state index in [1.165, 1.54) is 0 Å². The quantitative estimate of drug-likeness (QED) is 0.624. The standard InChI is InChI=1S/C13H9N3O/c17-13(10-4-2-1-3-5-10)11-8-15-12-6-7-14-9-16(11)12/h1-9H. The molecule has 0 bridgehead atoms. The van der Waals surface area contributed by atoms with E-state index in [4.69, 9.17) is 0 Å². The zero-order valence-electron chi connectivity index (χ0n) is 8.95. The highest BCUT2D eigenvalue weighted by Gasteiger charge is 2.13. The summed E-state index contributed by atoms with van der Waals surface area (Å²) in [4.78, 5) is 20.4. The van der Waals surface area contributed by atoms with Crippen molar-refractivity contribution in [2.75, 3.05) is 0 Å². The molecule has 3 rings (SSSR count). The number of rotatable bonds is 2. The first-order chi connectivity index (χ1) is 8.36.